The number of anilines is 1. The van der Waals surface area contributed by atoms with Crippen molar-refractivity contribution < 1.29 is 9.53 Å². The number of nitrogens with zero attached hydrogens (tertiary/aromatic N) is 3. The Kier molecular flexibility index (Phi) is 4.51. The van der Waals surface area contributed by atoms with E-state index >= 15 is 0 Å². The molecule has 3 aromatic heterocycles. The molecule has 8 heteroatoms. The lowest BCUT2D eigenvalue weighted by molar-refractivity contribution is 0.102. The summed E-state index contributed by atoms with van der Waals surface area (Å²) < 4.78 is 7.12. The summed E-state index contributed by atoms with van der Waals surface area (Å²) >= 11 is 1.64. The summed E-state index contributed by atoms with van der Waals surface area (Å²) in [6.45, 7) is 1.97. The molecule has 0 fully saturated rings. The fourth-order valence-electron chi connectivity index (χ4n) is 3.88. The summed E-state index contributed by atoms with van der Waals surface area (Å²) in [5.74, 6) is 0.929. The van der Waals surface area contributed by atoms with Gasteiger partial charge in [-0.25, -0.2) is 15.0 Å². The number of amides is 1. The number of hydrogen-bond donors (Lipinski definition) is 2. The minimum absolute atomic E-state index is 0.176. The number of rotatable bonds is 4. The van der Waals surface area contributed by atoms with Crippen molar-refractivity contribution in [3.63, 3.8) is 0 Å². The topological polar surface area (TPSA) is 92.8 Å². The highest BCUT2D eigenvalue weighted by molar-refractivity contribution is 7.18. The number of nitrogens with one attached hydrogen (secondary N) is 2. The molecule has 3 heterocycles. The molecule has 160 valence electrons. The molecule has 0 bridgehead atoms. The molecule has 33 heavy (non-hydrogen) atoms. The van der Waals surface area contributed by atoms with E-state index in [-0.39, 0.29) is 5.91 Å². The van der Waals surface area contributed by atoms with Gasteiger partial charge in [-0.15, -0.1) is 11.3 Å². The average Bonchev–Trinajstić information content (AvgIpc) is 3.44. The van der Waals surface area contributed by atoms with Crippen LogP contribution in [0.25, 0.3) is 32.0 Å². The molecule has 0 aliphatic rings. The largest absolute Gasteiger partial charge is 0.438 e. The van der Waals surface area contributed by atoms with Crippen molar-refractivity contribution in [2.45, 2.75) is 6.92 Å². The molecule has 0 radical (unpaired) electrons. The van der Waals surface area contributed by atoms with E-state index in [1.54, 1.807) is 17.5 Å². The van der Waals surface area contributed by atoms with Gasteiger partial charge in [0.05, 0.1) is 20.6 Å². The molecule has 0 unspecified atom stereocenters. The van der Waals surface area contributed by atoms with Crippen molar-refractivity contribution in [1.29, 1.82) is 0 Å². The van der Waals surface area contributed by atoms with Crippen LogP contribution in [-0.2, 0) is 0 Å². The summed E-state index contributed by atoms with van der Waals surface area (Å²) in [6, 6.07) is 18.9. The van der Waals surface area contributed by atoms with Gasteiger partial charge in [0.15, 0.2) is 0 Å². The van der Waals surface area contributed by atoms with Crippen LogP contribution in [0.4, 0.5) is 5.69 Å². The minimum atomic E-state index is -0.176. The summed E-state index contributed by atoms with van der Waals surface area (Å²) in [5.41, 5.74) is 2.90. The van der Waals surface area contributed by atoms with Crippen LogP contribution in [0.3, 0.4) is 0 Å². The number of carbonyl (C=O) groups excluding carboxylic acids is 1. The minimum Gasteiger partial charge on any atom is -0.438 e. The van der Waals surface area contributed by atoms with Crippen LogP contribution in [0.15, 0.2) is 73.2 Å². The smallest absolute Gasteiger partial charge is 0.256 e. The summed E-state index contributed by atoms with van der Waals surface area (Å²) in [6.07, 6.45) is 3.26. The van der Waals surface area contributed by atoms with Crippen LogP contribution in [0, 0.1) is 6.92 Å². The van der Waals surface area contributed by atoms with Gasteiger partial charge in [0, 0.05) is 17.4 Å². The predicted octanol–water partition coefficient (Wildman–Crippen LogP) is 6.07. The van der Waals surface area contributed by atoms with Crippen molar-refractivity contribution in [2.24, 2.45) is 0 Å². The highest BCUT2D eigenvalue weighted by Gasteiger charge is 2.13. The van der Waals surface area contributed by atoms with E-state index in [9.17, 15) is 4.79 Å². The monoisotopic (exact) mass is 451 g/mol. The van der Waals surface area contributed by atoms with E-state index in [0.29, 0.717) is 28.5 Å². The van der Waals surface area contributed by atoms with Crippen molar-refractivity contribution in [3.05, 3.63) is 83.8 Å². The Hall–Kier alpha value is -4.30. The number of aromatic nitrogens is 4. The molecular formula is C25H17N5O2S. The van der Waals surface area contributed by atoms with Crippen LogP contribution in [0.1, 0.15) is 15.4 Å². The fourth-order valence-corrected chi connectivity index (χ4v) is 4.69. The maximum absolute atomic E-state index is 13.1. The van der Waals surface area contributed by atoms with Crippen molar-refractivity contribution in [2.75, 3.05) is 5.32 Å². The molecule has 7 nitrogen and oxygen atoms in total. The number of benzene rings is 3. The maximum Gasteiger partial charge on any atom is 0.256 e. The zero-order chi connectivity index (χ0) is 22.4. The highest BCUT2D eigenvalue weighted by Crippen LogP contribution is 2.30. The SMILES string of the molecule is Cc1nc2cc(NC(=O)c3cccc4cc(Oc5ncnc6[nH]ccc56)ccc34)ccc2s1. The lowest BCUT2D eigenvalue weighted by atomic mass is 10.0. The van der Waals surface area contributed by atoms with Crippen LogP contribution < -0.4 is 10.1 Å². The molecule has 2 N–H and O–H groups in total. The Morgan fingerprint density at radius 2 is 1.97 bits per heavy atom. The van der Waals surface area contributed by atoms with E-state index in [4.69, 9.17) is 4.74 Å². The second-order valence-corrected chi connectivity index (χ2v) is 8.81. The Bertz CT molecular complexity index is 1670. The lowest BCUT2D eigenvalue weighted by Gasteiger charge is -2.10. The zero-order valence-electron chi connectivity index (χ0n) is 17.5. The van der Waals surface area contributed by atoms with Gasteiger partial charge >= 0.3 is 0 Å². The molecule has 6 rings (SSSR count). The third kappa shape index (κ3) is 3.56. The number of carbonyl (C=O) groups is 1. The molecule has 0 spiro atoms. The van der Waals surface area contributed by atoms with Crippen LogP contribution in [-0.4, -0.2) is 25.8 Å². The Morgan fingerprint density at radius 1 is 1.03 bits per heavy atom. The van der Waals surface area contributed by atoms with E-state index in [1.807, 2.05) is 67.6 Å². The van der Waals surface area contributed by atoms with Crippen molar-refractivity contribution in [1.82, 2.24) is 19.9 Å². The van der Waals surface area contributed by atoms with E-state index in [1.165, 1.54) is 6.33 Å². The normalized spacial score (nSPS) is 11.3. The molecule has 6 aromatic rings. The Balaban J connectivity index is 1.30. The summed E-state index contributed by atoms with van der Waals surface area (Å²) in [5, 5.41) is 6.53. The zero-order valence-corrected chi connectivity index (χ0v) is 18.3. The first-order valence-electron chi connectivity index (χ1n) is 10.3. The third-order valence-corrected chi connectivity index (χ3v) is 6.33. The molecule has 0 aliphatic carbocycles. The third-order valence-electron chi connectivity index (χ3n) is 5.38. The Morgan fingerprint density at radius 3 is 2.91 bits per heavy atom. The first kappa shape index (κ1) is 19.4. The molecule has 0 saturated heterocycles. The standard InChI is InChI=1S/C25H17N5O2S/c1-14-29-21-12-16(5-8-22(21)33-14)30-24(31)19-4-2-3-15-11-17(6-7-18(15)19)32-25-20-9-10-26-23(20)27-13-28-25/h2-13H,1H3,(H,30,31)(H,26,27,28). The lowest BCUT2D eigenvalue weighted by Crippen LogP contribution is -2.12. The quantitative estimate of drug-likeness (QED) is 0.339. The molecule has 3 aromatic carbocycles. The van der Waals surface area contributed by atoms with Gasteiger partial charge in [-0.1, -0.05) is 12.1 Å². The number of ether oxygens (including phenoxy) is 1. The van der Waals surface area contributed by atoms with Gasteiger partial charge in [0.1, 0.15) is 17.7 Å². The fraction of sp³-hybridized carbons (Fsp3) is 0.0400. The number of H-pyrrole nitrogens is 1. The second-order valence-electron chi connectivity index (χ2n) is 7.58. The summed E-state index contributed by atoms with van der Waals surface area (Å²) in [7, 11) is 0. The van der Waals surface area contributed by atoms with Gasteiger partial charge in [-0.3, -0.25) is 4.79 Å². The van der Waals surface area contributed by atoms with E-state index in [2.05, 4.69) is 25.3 Å². The van der Waals surface area contributed by atoms with Gasteiger partial charge in [0.25, 0.3) is 5.91 Å². The van der Waals surface area contributed by atoms with Gasteiger partial charge in [0.2, 0.25) is 5.88 Å². The number of aromatic amines is 1. The van der Waals surface area contributed by atoms with Crippen LogP contribution in [0.2, 0.25) is 0 Å². The number of aryl methyl sites for hydroxylation is 1. The van der Waals surface area contributed by atoms with E-state index in [0.717, 1.165) is 31.4 Å². The number of fused-ring (bicyclic) bond motifs is 3. The van der Waals surface area contributed by atoms with Crippen LogP contribution in [0.5, 0.6) is 11.6 Å². The maximum atomic E-state index is 13.1. The van der Waals surface area contributed by atoms with Crippen LogP contribution >= 0.6 is 11.3 Å². The molecular weight excluding hydrogens is 434 g/mol. The summed E-state index contributed by atoms with van der Waals surface area (Å²) in [4.78, 5) is 29.1. The van der Waals surface area contributed by atoms with Crippen molar-refractivity contribution in [3.8, 4) is 11.6 Å². The predicted molar refractivity (Wildman–Crippen MR) is 130 cm³/mol. The molecule has 1 amide bonds. The molecule has 0 aliphatic heterocycles. The van der Waals surface area contributed by atoms with Gasteiger partial charge in [-0.05, 0) is 66.2 Å². The van der Waals surface area contributed by atoms with Gasteiger partial charge < -0.3 is 15.0 Å². The number of hydrogen-bond acceptors (Lipinski definition) is 6. The molecule has 0 saturated carbocycles. The van der Waals surface area contributed by atoms with Crippen molar-refractivity contribution >= 4 is 55.0 Å². The second kappa shape index (κ2) is 7.68. The average molecular weight is 452 g/mol. The number of thiazole rings is 1. The molecule has 0 atom stereocenters. The first-order chi connectivity index (χ1) is 16.1. The highest BCUT2D eigenvalue weighted by atomic mass is 32.1. The van der Waals surface area contributed by atoms with E-state index < -0.39 is 0 Å². The first-order valence-corrected chi connectivity index (χ1v) is 11.1. The Labute approximate surface area is 192 Å². The van der Waals surface area contributed by atoms with Gasteiger partial charge in [-0.2, -0.15) is 0 Å².